The minimum Gasteiger partial charge on any atom is -0.346 e. The zero-order valence-electron chi connectivity index (χ0n) is 17.7. The van der Waals surface area contributed by atoms with E-state index in [9.17, 15) is 22.0 Å². The van der Waals surface area contributed by atoms with Gasteiger partial charge in [-0.2, -0.15) is 8.78 Å². The number of benzene rings is 1. The molecule has 1 unspecified atom stereocenters. The number of pyridine rings is 1. The summed E-state index contributed by atoms with van der Waals surface area (Å²) in [4.78, 5) is 17.2. The van der Waals surface area contributed by atoms with Crippen LogP contribution in [-0.2, 0) is 19.6 Å². The first kappa shape index (κ1) is 23.2. The molecule has 2 heterocycles. The van der Waals surface area contributed by atoms with Crippen LogP contribution in [0.4, 0.5) is 8.78 Å². The lowest BCUT2D eigenvalue weighted by molar-refractivity contribution is -0.157. The van der Waals surface area contributed by atoms with Gasteiger partial charge >= 0.3 is 6.43 Å². The van der Waals surface area contributed by atoms with Crippen LogP contribution in [0.5, 0.6) is 0 Å². The van der Waals surface area contributed by atoms with Crippen molar-refractivity contribution in [3.8, 4) is 11.1 Å². The van der Waals surface area contributed by atoms with E-state index in [1.54, 1.807) is 33.0 Å². The summed E-state index contributed by atoms with van der Waals surface area (Å²) in [5.41, 5.74) is 1.97. The van der Waals surface area contributed by atoms with Gasteiger partial charge in [-0.05, 0) is 38.0 Å². The molecule has 31 heavy (non-hydrogen) atoms. The molecule has 10 heteroatoms. The molecule has 3 rings (SSSR count). The van der Waals surface area contributed by atoms with Crippen molar-refractivity contribution in [3.05, 3.63) is 53.9 Å². The van der Waals surface area contributed by atoms with E-state index >= 15 is 0 Å². The number of sulfonamides is 1. The van der Waals surface area contributed by atoms with Crippen LogP contribution in [0.15, 0.2) is 42.6 Å². The lowest BCUT2D eigenvalue weighted by atomic mass is 10.0. The first-order valence-electron chi connectivity index (χ1n) is 9.68. The summed E-state index contributed by atoms with van der Waals surface area (Å²) in [6, 6.07) is 10.5. The Labute approximate surface area is 180 Å². The highest BCUT2D eigenvalue weighted by Gasteiger charge is 2.45. The number of halogens is 2. The van der Waals surface area contributed by atoms with Crippen molar-refractivity contribution in [3.63, 3.8) is 0 Å². The smallest absolute Gasteiger partial charge is 0.315 e. The number of ether oxygens (including phenoxy) is 1. The minimum absolute atomic E-state index is 0.0526. The van der Waals surface area contributed by atoms with E-state index in [0.29, 0.717) is 5.69 Å². The van der Waals surface area contributed by atoms with Crippen molar-refractivity contribution in [1.29, 1.82) is 0 Å². The van der Waals surface area contributed by atoms with Crippen molar-refractivity contribution in [2.45, 2.75) is 45.1 Å². The highest BCUT2D eigenvalue weighted by molar-refractivity contribution is 7.88. The predicted molar refractivity (Wildman–Crippen MR) is 112 cm³/mol. The zero-order chi connectivity index (χ0) is 23.0. The number of nitrogens with zero attached hydrogens (tertiary/aromatic N) is 2. The van der Waals surface area contributed by atoms with Gasteiger partial charge in [-0.3, -0.25) is 9.78 Å². The molecule has 1 aliphatic rings. The maximum atomic E-state index is 12.9. The molecule has 168 valence electrons. The Kier molecular flexibility index (Phi) is 6.45. The van der Waals surface area contributed by atoms with Crippen LogP contribution >= 0.6 is 0 Å². The van der Waals surface area contributed by atoms with Gasteiger partial charge in [0.25, 0.3) is 5.91 Å². The number of rotatable bonds is 6. The number of amides is 1. The van der Waals surface area contributed by atoms with Crippen LogP contribution < -0.4 is 4.72 Å². The van der Waals surface area contributed by atoms with Crippen LogP contribution in [0.3, 0.4) is 0 Å². The summed E-state index contributed by atoms with van der Waals surface area (Å²) in [6.45, 7) is 4.95. The van der Waals surface area contributed by atoms with Gasteiger partial charge in [0, 0.05) is 11.8 Å². The van der Waals surface area contributed by atoms with Crippen LogP contribution in [0.1, 0.15) is 44.2 Å². The molecule has 7 nitrogen and oxygen atoms in total. The Hall–Kier alpha value is -2.43. The van der Waals surface area contributed by atoms with Crippen LogP contribution in [0.25, 0.3) is 11.1 Å². The third kappa shape index (κ3) is 5.44. The van der Waals surface area contributed by atoms with Crippen molar-refractivity contribution >= 4 is 15.9 Å². The minimum atomic E-state index is -3.34. The van der Waals surface area contributed by atoms with Gasteiger partial charge in [0.2, 0.25) is 10.0 Å². The van der Waals surface area contributed by atoms with Gasteiger partial charge in [0.15, 0.2) is 0 Å². The molecular formula is C21H25F2N3O4S. The van der Waals surface area contributed by atoms with Crippen LogP contribution in [0.2, 0.25) is 0 Å². The van der Waals surface area contributed by atoms with Crippen molar-refractivity contribution in [2.24, 2.45) is 0 Å². The zero-order valence-corrected chi connectivity index (χ0v) is 18.5. The normalized spacial score (nSPS) is 19.6. The molecule has 1 aromatic carbocycles. The SMILES string of the molecule is CC(NS(C)(=O)=O)c1ccc(-c2ccc([C@@H]3CN(C(=O)C(F)F)C(C)(C)O3)cc2)cn1. The number of carbonyl (C=O) groups is 1. The fourth-order valence-electron chi connectivity index (χ4n) is 3.59. The third-order valence-corrected chi connectivity index (χ3v) is 5.90. The Bertz CT molecular complexity index is 1040. The maximum Gasteiger partial charge on any atom is 0.315 e. The third-order valence-electron chi connectivity index (χ3n) is 5.12. The number of alkyl halides is 2. The molecule has 2 aromatic rings. The van der Waals surface area contributed by atoms with E-state index < -0.39 is 40.2 Å². The van der Waals surface area contributed by atoms with Gasteiger partial charge in [-0.1, -0.05) is 30.3 Å². The topological polar surface area (TPSA) is 88.6 Å². The predicted octanol–water partition coefficient (Wildman–Crippen LogP) is 3.26. The molecule has 1 N–H and O–H groups in total. The Morgan fingerprint density at radius 3 is 2.32 bits per heavy atom. The highest BCUT2D eigenvalue weighted by Crippen LogP contribution is 2.37. The second-order valence-electron chi connectivity index (χ2n) is 8.01. The van der Waals surface area contributed by atoms with Crippen molar-refractivity contribution in [1.82, 2.24) is 14.6 Å². The standard InChI is InChI=1S/C21H25F2N3O4S/c1-13(25-31(4,28)29)17-10-9-16(11-24-17)14-5-7-15(8-6-14)18-12-26(20(27)19(22)23)21(2,3)30-18/h5-11,13,18-19,25H,12H2,1-4H3/t13?,18-/m0/s1. The molecule has 1 aromatic heterocycles. The lowest BCUT2D eigenvalue weighted by Gasteiger charge is -2.29. The summed E-state index contributed by atoms with van der Waals surface area (Å²) in [5, 5.41) is 0. The van der Waals surface area contributed by atoms with Gasteiger partial charge in [0.05, 0.1) is 24.5 Å². The Morgan fingerprint density at radius 1 is 1.19 bits per heavy atom. The Morgan fingerprint density at radius 2 is 1.81 bits per heavy atom. The summed E-state index contributed by atoms with van der Waals surface area (Å²) in [5.74, 6) is -1.24. The molecule has 2 atom stereocenters. The van der Waals surface area contributed by atoms with Crippen LogP contribution in [-0.4, -0.2) is 49.2 Å². The fourth-order valence-corrected chi connectivity index (χ4v) is 4.35. The molecule has 0 bridgehead atoms. The highest BCUT2D eigenvalue weighted by atomic mass is 32.2. The molecule has 1 aliphatic heterocycles. The molecule has 1 fully saturated rings. The second-order valence-corrected chi connectivity index (χ2v) is 9.79. The Balaban J connectivity index is 1.73. The van der Waals surface area contributed by atoms with Gasteiger partial charge in [-0.25, -0.2) is 13.1 Å². The molecular weight excluding hydrogens is 428 g/mol. The quantitative estimate of drug-likeness (QED) is 0.725. The van der Waals surface area contributed by atoms with Crippen molar-refractivity contribution in [2.75, 3.05) is 12.8 Å². The van der Waals surface area contributed by atoms with E-state index in [4.69, 9.17) is 4.74 Å². The maximum absolute atomic E-state index is 12.9. The van der Waals surface area contributed by atoms with Crippen LogP contribution in [0, 0.1) is 0 Å². The number of aromatic nitrogens is 1. The number of hydrogen-bond donors (Lipinski definition) is 1. The first-order valence-corrected chi connectivity index (χ1v) is 11.6. The molecule has 1 saturated heterocycles. The van der Waals surface area contributed by atoms with Gasteiger partial charge < -0.3 is 9.64 Å². The number of hydrogen-bond acceptors (Lipinski definition) is 5. The summed E-state index contributed by atoms with van der Waals surface area (Å²) in [6.07, 6.45) is -0.828. The van der Waals surface area contributed by atoms with E-state index in [1.165, 1.54) is 0 Å². The number of carbonyl (C=O) groups excluding carboxylic acids is 1. The number of nitrogens with one attached hydrogen (secondary N) is 1. The van der Waals surface area contributed by atoms with E-state index in [2.05, 4.69) is 9.71 Å². The summed E-state index contributed by atoms with van der Waals surface area (Å²) >= 11 is 0. The average Bonchev–Trinajstić information content (AvgIpc) is 3.01. The summed E-state index contributed by atoms with van der Waals surface area (Å²) in [7, 11) is -3.34. The summed E-state index contributed by atoms with van der Waals surface area (Å²) < 4.78 is 56.8. The first-order chi connectivity index (χ1) is 14.4. The monoisotopic (exact) mass is 453 g/mol. The van der Waals surface area contributed by atoms with E-state index in [-0.39, 0.29) is 6.54 Å². The van der Waals surface area contributed by atoms with Gasteiger partial charge in [-0.15, -0.1) is 0 Å². The fraction of sp³-hybridized carbons (Fsp3) is 0.429. The molecule has 1 amide bonds. The molecule has 0 saturated carbocycles. The average molecular weight is 454 g/mol. The molecule has 0 aliphatic carbocycles. The van der Waals surface area contributed by atoms with Gasteiger partial charge in [0.1, 0.15) is 11.8 Å². The second kappa shape index (κ2) is 8.60. The lowest BCUT2D eigenvalue weighted by Crippen LogP contribution is -2.46. The van der Waals surface area contributed by atoms with E-state index in [1.807, 2.05) is 30.3 Å². The largest absolute Gasteiger partial charge is 0.346 e. The molecule has 0 spiro atoms. The molecule has 0 radical (unpaired) electrons. The van der Waals surface area contributed by atoms with E-state index in [0.717, 1.165) is 27.8 Å². The van der Waals surface area contributed by atoms with Crippen molar-refractivity contribution < 1.29 is 26.7 Å².